The number of aromatic nitrogens is 4. The maximum atomic E-state index is 13.3. The van der Waals surface area contributed by atoms with Crippen LogP contribution in [-0.2, 0) is 6.54 Å². The van der Waals surface area contributed by atoms with Crippen molar-refractivity contribution in [3.8, 4) is 17.6 Å². The maximum Gasteiger partial charge on any atom is 0.270 e. The van der Waals surface area contributed by atoms with Crippen LogP contribution in [0, 0.1) is 4.77 Å². The summed E-state index contributed by atoms with van der Waals surface area (Å²) in [6, 6.07) is 10.1. The Morgan fingerprint density at radius 2 is 2.00 bits per heavy atom. The van der Waals surface area contributed by atoms with Crippen molar-refractivity contribution in [2.45, 2.75) is 6.54 Å². The van der Waals surface area contributed by atoms with Crippen LogP contribution in [0.3, 0.4) is 0 Å². The minimum Gasteiger partial charge on any atom is -0.490 e. The standard InChI is InChI=1S/C22H17Cl2N5O4S/c1-32-16-10-26-21(28-19(16)33-2)29-20(31)17-14(24)7-12(8-15(17)27-22(29)34)18(30)25-9-11-4-3-5-13(23)6-11/h3-8,10H,9H2,1-2H3,(H,25,30)(H,27,34). The number of hydrogen-bond acceptors (Lipinski definition) is 7. The lowest BCUT2D eigenvalue weighted by atomic mass is 10.1. The molecule has 2 N–H and O–H groups in total. The number of aromatic amines is 1. The zero-order chi connectivity index (χ0) is 24.4. The van der Waals surface area contributed by atoms with Crippen molar-refractivity contribution in [3.05, 3.63) is 78.9 Å². The zero-order valence-electron chi connectivity index (χ0n) is 17.9. The molecule has 0 aliphatic carbocycles. The molecule has 4 aromatic rings. The topological polar surface area (TPSA) is 111 Å². The quantitative estimate of drug-likeness (QED) is 0.370. The lowest BCUT2D eigenvalue weighted by molar-refractivity contribution is 0.0951. The number of halogens is 2. The summed E-state index contributed by atoms with van der Waals surface area (Å²) in [7, 11) is 2.85. The summed E-state index contributed by atoms with van der Waals surface area (Å²) in [6.07, 6.45) is 1.36. The van der Waals surface area contributed by atoms with E-state index in [1.54, 1.807) is 18.2 Å². The van der Waals surface area contributed by atoms with Gasteiger partial charge in [0.1, 0.15) is 0 Å². The Labute approximate surface area is 208 Å². The van der Waals surface area contributed by atoms with Gasteiger partial charge in [-0.3, -0.25) is 9.59 Å². The third-order valence-electron chi connectivity index (χ3n) is 4.88. The van der Waals surface area contributed by atoms with Gasteiger partial charge in [-0.05, 0) is 42.0 Å². The Kier molecular flexibility index (Phi) is 6.82. The number of rotatable bonds is 6. The Balaban J connectivity index is 1.72. The van der Waals surface area contributed by atoms with Gasteiger partial charge < -0.3 is 19.8 Å². The molecule has 0 spiro atoms. The van der Waals surface area contributed by atoms with E-state index in [1.807, 2.05) is 6.07 Å². The molecule has 0 bridgehead atoms. The fraction of sp³-hybridized carbons (Fsp3) is 0.136. The van der Waals surface area contributed by atoms with Crippen molar-refractivity contribution in [1.82, 2.24) is 24.8 Å². The van der Waals surface area contributed by atoms with E-state index in [9.17, 15) is 9.59 Å². The number of H-pyrrole nitrogens is 1. The van der Waals surface area contributed by atoms with E-state index in [2.05, 4.69) is 20.3 Å². The van der Waals surface area contributed by atoms with Crippen LogP contribution < -0.4 is 20.3 Å². The highest BCUT2D eigenvalue weighted by Crippen LogP contribution is 2.25. The fourth-order valence-electron chi connectivity index (χ4n) is 3.28. The van der Waals surface area contributed by atoms with Crippen LogP contribution in [0.2, 0.25) is 10.0 Å². The molecule has 0 atom stereocenters. The molecule has 0 fully saturated rings. The number of nitrogens with one attached hydrogen (secondary N) is 2. The van der Waals surface area contributed by atoms with Gasteiger partial charge in [-0.1, -0.05) is 35.3 Å². The number of nitrogens with zero attached hydrogens (tertiary/aromatic N) is 3. The first-order valence-corrected chi connectivity index (χ1v) is 11.0. The second-order valence-corrected chi connectivity index (χ2v) is 8.24. The SMILES string of the molecule is COc1cnc(-n2c(=S)[nH]c3cc(C(=O)NCc4cccc(Cl)c4)cc(Cl)c3c2=O)nc1OC. The number of hydrogen-bond donors (Lipinski definition) is 2. The van der Waals surface area contributed by atoms with Crippen molar-refractivity contribution in [1.29, 1.82) is 0 Å². The van der Waals surface area contributed by atoms with E-state index in [1.165, 1.54) is 32.5 Å². The van der Waals surface area contributed by atoms with Crippen molar-refractivity contribution in [2.24, 2.45) is 0 Å². The fourth-order valence-corrected chi connectivity index (χ4v) is 4.07. The average molecular weight is 518 g/mol. The average Bonchev–Trinajstić information content (AvgIpc) is 2.81. The van der Waals surface area contributed by atoms with Crippen LogP contribution in [-0.4, -0.2) is 39.6 Å². The number of ether oxygens (including phenoxy) is 2. The molecule has 0 aliphatic rings. The summed E-state index contributed by atoms with van der Waals surface area (Å²) in [6.45, 7) is 0.267. The summed E-state index contributed by atoms with van der Waals surface area (Å²) in [5.41, 5.74) is 0.837. The van der Waals surface area contributed by atoms with E-state index in [0.717, 1.165) is 10.1 Å². The third kappa shape index (κ3) is 4.60. The first-order chi connectivity index (χ1) is 16.3. The minimum atomic E-state index is -0.554. The molecule has 0 saturated heterocycles. The first-order valence-electron chi connectivity index (χ1n) is 9.79. The van der Waals surface area contributed by atoms with E-state index < -0.39 is 5.56 Å². The number of benzene rings is 2. The van der Waals surface area contributed by atoms with Gasteiger partial charge in [0, 0.05) is 17.1 Å². The molecular formula is C22H17Cl2N5O4S. The van der Waals surface area contributed by atoms with Gasteiger partial charge in [0.05, 0.1) is 36.3 Å². The second-order valence-electron chi connectivity index (χ2n) is 7.01. The Morgan fingerprint density at radius 1 is 1.21 bits per heavy atom. The molecule has 2 aromatic heterocycles. The third-order valence-corrected chi connectivity index (χ3v) is 5.70. The largest absolute Gasteiger partial charge is 0.490 e. The smallest absolute Gasteiger partial charge is 0.270 e. The van der Waals surface area contributed by atoms with Crippen LogP contribution in [0.1, 0.15) is 15.9 Å². The molecule has 12 heteroatoms. The number of amides is 1. The lowest BCUT2D eigenvalue weighted by Crippen LogP contribution is -2.25. The van der Waals surface area contributed by atoms with Gasteiger partial charge in [-0.15, -0.1) is 0 Å². The van der Waals surface area contributed by atoms with Crippen molar-refractivity contribution in [3.63, 3.8) is 0 Å². The Hall–Kier alpha value is -3.47. The van der Waals surface area contributed by atoms with Gasteiger partial charge in [-0.2, -0.15) is 4.98 Å². The molecule has 0 aliphatic heterocycles. The predicted molar refractivity (Wildman–Crippen MR) is 131 cm³/mol. The molecule has 0 saturated carbocycles. The highest BCUT2D eigenvalue weighted by Gasteiger charge is 2.18. The number of methoxy groups -OCH3 is 2. The molecule has 1 amide bonds. The monoisotopic (exact) mass is 517 g/mol. The summed E-state index contributed by atoms with van der Waals surface area (Å²) in [4.78, 5) is 37.2. The molecule has 2 aromatic carbocycles. The highest BCUT2D eigenvalue weighted by atomic mass is 35.5. The summed E-state index contributed by atoms with van der Waals surface area (Å²) in [5.74, 6) is 0.0221. The Morgan fingerprint density at radius 3 is 2.71 bits per heavy atom. The molecule has 2 heterocycles. The van der Waals surface area contributed by atoms with Crippen molar-refractivity contribution < 1.29 is 14.3 Å². The van der Waals surface area contributed by atoms with Gasteiger partial charge in [0.15, 0.2) is 10.5 Å². The van der Waals surface area contributed by atoms with E-state index >= 15 is 0 Å². The number of fused-ring (bicyclic) bond motifs is 1. The van der Waals surface area contributed by atoms with Crippen molar-refractivity contribution in [2.75, 3.05) is 14.2 Å². The molecule has 0 unspecified atom stereocenters. The number of carbonyl (C=O) groups excluding carboxylic acids is 1. The van der Waals surface area contributed by atoms with E-state index in [4.69, 9.17) is 44.9 Å². The van der Waals surface area contributed by atoms with Crippen molar-refractivity contribution >= 4 is 52.2 Å². The van der Waals surface area contributed by atoms with Crippen LogP contribution in [0.4, 0.5) is 0 Å². The predicted octanol–water partition coefficient (Wildman–Crippen LogP) is 4.09. The summed E-state index contributed by atoms with van der Waals surface area (Å²) >= 11 is 17.8. The highest BCUT2D eigenvalue weighted by molar-refractivity contribution is 7.71. The second kappa shape index (κ2) is 9.80. The van der Waals surface area contributed by atoms with Crippen LogP contribution in [0.25, 0.3) is 16.9 Å². The molecule has 9 nitrogen and oxygen atoms in total. The molecule has 4 rings (SSSR count). The van der Waals surface area contributed by atoms with Crippen LogP contribution >= 0.6 is 35.4 Å². The maximum absolute atomic E-state index is 13.3. The van der Waals surface area contributed by atoms with Crippen LogP contribution in [0.5, 0.6) is 11.6 Å². The van der Waals surface area contributed by atoms with Gasteiger partial charge in [0.2, 0.25) is 5.95 Å². The molecule has 174 valence electrons. The van der Waals surface area contributed by atoms with E-state index in [0.29, 0.717) is 16.3 Å². The van der Waals surface area contributed by atoms with Gasteiger partial charge in [-0.25, -0.2) is 9.55 Å². The van der Waals surface area contributed by atoms with Gasteiger partial charge in [0.25, 0.3) is 17.3 Å². The van der Waals surface area contributed by atoms with E-state index in [-0.39, 0.29) is 45.0 Å². The zero-order valence-corrected chi connectivity index (χ0v) is 20.2. The molecular weight excluding hydrogens is 501 g/mol. The van der Waals surface area contributed by atoms with Gasteiger partial charge >= 0.3 is 0 Å². The van der Waals surface area contributed by atoms with Crippen LogP contribution in [0.15, 0.2) is 47.4 Å². The molecule has 0 radical (unpaired) electrons. The minimum absolute atomic E-state index is 0.0114. The first kappa shape index (κ1) is 23.7. The lowest BCUT2D eigenvalue weighted by Gasteiger charge is -2.11. The number of carbonyl (C=O) groups is 1. The normalized spacial score (nSPS) is 10.8. The summed E-state index contributed by atoms with van der Waals surface area (Å²) in [5, 5.41) is 3.56. The molecule has 34 heavy (non-hydrogen) atoms. The summed E-state index contributed by atoms with van der Waals surface area (Å²) < 4.78 is 11.4. The Bertz CT molecular complexity index is 1540.